The molecule has 1 N–H and O–H groups in total. The normalized spacial score (nSPS) is 11.2. The van der Waals surface area contributed by atoms with E-state index in [1.165, 1.54) is 17.3 Å². The highest BCUT2D eigenvalue weighted by atomic mass is 32.2. The van der Waals surface area contributed by atoms with Gasteiger partial charge in [-0.1, -0.05) is 31.7 Å². The number of hydrogen-bond donors (Lipinski definition) is 1. The SMILES string of the molecule is CCCNC(=O)CSc1nc2sc(C)c(CC)c2c(=O)n1-c1ccc(C)c(C)c1. The van der Waals surface area contributed by atoms with Crippen LogP contribution in [0.1, 0.15) is 41.8 Å². The summed E-state index contributed by atoms with van der Waals surface area (Å²) in [5, 5.41) is 4.14. The second-order valence-electron chi connectivity index (χ2n) is 7.11. The number of amides is 1. The molecule has 0 aliphatic carbocycles. The first kappa shape index (κ1) is 21.6. The molecule has 2 aromatic heterocycles. The Hall–Kier alpha value is -2.12. The van der Waals surface area contributed by atoms with Crippen molar-refractivity contribution in [2.45, 2.75) is 52.6 Å². The van der Waals surface area contributed by atoms with Crippen LogP contribution in [0, 0.1) is 20.8 Å². The van der Waals surface area contributed by atoms with Crippen LogP contribution in [-0.4, -0.2) is 27.8 Å². The highest BCUT2D eigenvalue weighted by Gasteiger charge is 2.20. The van der Waals surface area contributed by atoms with Crippen LogP contribution in [0.2, 0.25) is 0 Å². The maximum atomic E-state index is 13.6. The van der Waals surface area contributed by atoms with Gasteiger partial charge in [0.15, 0.2) is 5.16 Å². The fourth-order valence-corrected chi connectivity index (χ4v) is 5.26. The molecular formula is C22H27N3O2S2. The molecule has 0 unspecified atom stereocenters. The molecule has 3 aromatic rings. The third-order valence-electron chi connectivity index (χ3n) is 5.00. The average molecular weight is 430 g/mol. The number of carbonyl (C=O) groups excluding carboxylic acids is 1. The monoisotopic (exact) mass is 429 g/mol. The first-order valence-electron chi connectivity index (χ1n) is 9.89. The van der Waals surface area contributed by atoms with Crippen molar-refractivity contribution >= 4 is 39.2 Å². The van der Waals surface area contributed by atoms with Crippen molar-refractivity contribution in [2.24, 2.45) is 0 Å². The van der Waals surface area contributed by atoms with E-state index in [1.54, 1.807) is 15.9 Å². The van der Waals surface area contributed by atoms with E-state index in [4.69, 9.17) is 4.98 Å². The van der Waals surface area contributed by atoms with Crippen molar-refractivity contribution < 1.29 is 4.79 Å². The van der Waals surface area contributed by atoms with Gasteiger partial charge >= 0.3 is 0 Å². The molecule has 1 aromatic carbocycles. The quantitative estimate of drug-likeness (QED) is 0.442. The van der Waals surface area contributed by atoms with E-state index in [1.807, 2.05) is 39.0 Å². The lowest BCUT2D eigenvalue weighted by Gasteiger charge is -2.14. The Morgan fingerprint density at radius 1 is 1.21 bits per heavy atom. The van der Waals surface area contributed by atoms with Crippen LogP contribution in [0.25, 0.3) is 15.9 Å². The summed E-state index contributed by atoms with van der Waals surface area (Å²) < 4.78 is 1.66. The molecule has 0 saturated heterocycles. The Labute approximate surface area is 179 Å². The van der Waals surface area contributed by atoms with Crippen molar-refractivity contribution in [1.82, 2.24) is 14.9 Å². The number of benzene rings is 1. The molecule has 5 nitrogen and oxygen atoms in total. The molecule has 0 bridgehead atoms. The molecule has 0 saturated carbocycles. The summed E-state index contributed by atoms with van der Waals surface area (Å²) in [5.74, 6) is 0.183. The minimum absolute atomic E-state index is 0.0468. The maximum Gasteiger partial charge on any atom is 0.267 e. The molecule has 0 fully saturated rings. The van der Waals surface area contributed by atoms with Crippen molar-refractivity contribution in [2.75, 3.05) is 12.3 Å². The van der Waals surface area contributed by atoms with Crippen LogP contribution >= 0.6 is 23.1 Å². The number of fused-ring (bicyclic) bond motifs is 1. The van der Waals surface area contributed by atoms with Crippen LogP contribution < -0.4 is 10.9 Å². The minimum Gasteiger partial charge on any atom is -0.355 e. The first-order chi connectivity index (χ1) is 13.9. The molecule has 0 aliphatic heterocycles. The molecule has 0 aliphatic rings. The molecule has 7 heteroatoms. The fraction of sp³-hybridized carbons (Fsp3) is 0.409. The smallest absolute Gasteiger partial charge is 0.267 e. The Morgan fingerprint density at radius 2 is 1.97 bits per heavy atom. The zero-order valence-corrected chi connectivity index (χ0v) is 19.2. The number of thiophene rings is 1. The summed E-state index contributed by atoms with van der Waals surface area (Å²) in [6, 6.07) is 5.98. The van der Waals surface area contributed by atoms with E-state index >= 15 is 0 Å². The van der Waals surface area contributed by atoms with Crippen LogP contribution in [0.15, 0.2) is 28.2 Å². The van der Waals surface area contributed by atoms with Gasteiger partial charge in [-0.25, -0.2) is 4.98 Å². The predicted octanol–water partition coefficient (Wildman–Crippen LogP) is 4.55. The van der Waals surface area contributed by atoms with Gasteiger partial charge in [0.2, 0.25) is 5.91 Å². The molecule has 1 amide bonds. The van der Waals surface area contributed by atoms with Gasteiger partial charge in [0.25, 0.3) is 5.56 Å². The molecule has 3 rings (SSSR count). The molecule has 0 radical (unpaired) electrons. The van der Waals surface area contributed by atoms with Gasteiger partial charge in [0.1, 0.15) is 4.83 Å². The predicted molar refractivity (Wildman–Crippen MR) is 123 cm³/mol. The third kappa shape index (κ3) is 4.41. The van der Waals surface area contributed by atoms with Gasteiger partial charge in [-0.2, -0.15) is 0 Å². The van der Waals surface area contributed by atoms with Crippen molar-refractivity contribution in [3.63, 3.8) is 0 Å². The minimum atomic E-state index is -0.0593. The molecule has 2 heterocycles. The van der Waals surface area contributed by atoms with Crippen LogP contribution in [-0.2, 0) is 11.2 Å². The molecular weight excluding hydrogens is 402 g/mol. The van der Waals surface area contributed by atoms with Gasteiger partial charge in [0.05, 0.1) is 16.8 Å². The average Bonchev–Trinajstić information content (AvgIpc) is 3.02. The number of aromatic nitrogens is 2. The lowest BCUT2D eigenvalue weighted by molar-refractivity contribution is -0.118. The van der Waals surface area contributed by atoms with E-state index in [0.717, 1.165) is 39.4 Å². The fourth-order valence-electron chi connectivity index (χ4n) is 3.26. The number of carbonyl (C=O) groups is 1. The van der Waals surface area contributed by atoms with E-state index in [0.29, 0.717) is 17.1 Å². The van der Waals surface area contributed by atoms with Gasteiger partial charge in [-0.3, -0.25) is 14.2 Å². The summed E-state index contributed by atoms with van der Waals surface area (Å²) >= 11 is 2.86. The molecule has 29 heavy (non-hydrogen) atoms. The van der Waals surface area contributed by atoms with E-state index in [-0.39, 0.29) is 17.2 Å². The highest BCUT2D eigenvalue weighted by molar-refractivity contribution is 7.99. The van der Waals surface area contributed by atoms with Crippen LogP contribution in [0.4, 0.5) is 0 Å². The molecule has 0 atom stereocenters. The largest absolute Gasteiger partial charge is 0.355 e. The van der Waals surface area contributed by atoms with Crippen molar-refractivity contribution in [3.05, 3.63) is 50.1 Å². The van der Waals surface area contributed by atoms with Crippen LogP contribution in [0.3, 0.4) is 0 Å². The molecule has 154 valence electrons. The lowest BCUT2D eigenvalue weighted by atomic mass is 10.1. The zero-order chi connectivity index (χ0) is 21.1. The van der Waals surface area contributed by atoms with E-state index in [9.17, 15) is 9.59 Å². The Bertz CT molecular complexity index is 1120. The standard InChI is InChI=1S/C22H27N3O2S2/c1-6-10-23-18(26)12-28-22-24-20-19(17(7-2)15(5)29-20)21(27)25(22)16-9-8-13(3)14(4)11-16/h8-9,11H,6-7,10,12H2,1-5H3,(H,23,26). The van der Waals surface area contributed by atoms with Crippen LogP contribution in [0.5, 0.6) is 0 Å². The number of aryl methyl sites for hydroxylation is 4. The lowest BCUT2D eigenvalue weighted by Crippen LogP contribution is -2.27. The Balaban J connectivity index is 2.16. The first-order valence-corrected chi connectivity index (χ1v) is 11.7. The summed E-state index contributed by atoms with van der Waals surface area (Å²) in [4.78, 5) is 32.4. The van der Waals surface area contributed by atoms with Gasteiger partial charge in [-0.15, -0.1) is 11.3 Å². The Morgan fingerprint density at radius 3 is 2.62 bits per heavy atom. The third-order valence-corrected chi connectivity index (χ3v) is 6.98. The summed E-state index contributed by atoms with van der Waals surface area (Å²) in [7, 11) is 0. The number of nitrogens with zero attached hydrogens (tertiary/aromatic N) is 2. The van der Waals surface area contributed by atoms with E-state index in [2.05, 4.69) is 19.2 Å². The summed E-state index contributed by atoms with van der Waals surface area (Å²) in [6.45, 7) is 10.9. The number of thioether (sulfide) groups is 1. The van der Waals surface area contributed by atoms with E-state index < -0.39 is 0 Å². The second kappa shape index (κ2) is 9.13. The summed E-state index contributed by atoms with van der Waals surface area (Å²) in [6.07, 6.45) is 1.68. The highest BCUT2D eigenvalue weighted by Crippen LogP contribution is 2.30. The van der Waals surface area contributed by atoms with Gasteiger partial charge in [-0.05, 0) is 62.4 Å². The molecule has 0 spiro atoms. The zero-order valence-electron chi connectivity index (χ0n) is 17.6. The van der Waals surface area contributed by atoms with Crippen molar-refractivity contribution in [1.29, 1.82) is 0 Å². The number of nitrogens with one attached hydrogen (secondary N) is 1. The topological polar surface area (TPSA) is 64.0 Å². The Kier molecular flexibility index (Phi) is 6.80. The van der Waals surface area contributed by atoms with Gasteiger partial charge < -0.3 is 5.32 Å². The number of rotatable bonds is 7. The number of hydrogen-bond acceptors (Lipinski definition) is 5. The second-order valence-corrected chi connectivity index (χ2v) is 9.26. The maximum absolute atomic E-state index is 13.6. The van der Waals surface area contributed by atoms with Gasteiger partial charge in [0, 0.05) is 11.4 Å². The summed E-state index contributed by atoms with van der Waals surface area (Å²) in [5.41, 5.74) is 4.08. The van der Waals surface area contributed by atoms with Crippen molar-refractivity contribution in [3.8, 4) is 5.69 Å².